The molecule has 0 spiro atoms. The van der Waals surface area contributed by atoms with Crippen molar-refractivity contribution in [2.75, 3.05) is 20.3 Å². The van der Waals surface area contributed by atoms with Gasteiger partial charge in [-0.15, -0.1) is 0 Å². The normalized spacial score (nSPS) is 15.5. The molecule has 7 nitrogen and oxygen atoms in total. The number of carbonyl (C=O) groups excluding carboxylic acids is 2. The first-order valence-corrected chi connectivity index (χ1v) is 10.8. The van der Waals surface area contributed by atoms with Crippen molar-refractivity contribution in [3.63, 3.8) is 0 Å². The van der Waals surface area contributed by atoms with E-state index in [1.165, 1.54) is 0 Å². The standard InChI is InChI=1S/C24H38O7/c1-8-14-28-20(16-27-7)22(30-19-12-10-9-11-13-19)18(3)29-23(26)17(2)15-21(25)31-24(4,5)6/h9-13,17-18,20,22H,8,14-16H2,1-7H3/t17?,18-,20-,22-/m0/s1. The molecule has 0 aromatic heterocycles. The molecule has 7 heteroatoms. The SMILES string of the molecule is CCCO[C@@H](COC)[C@@H](Oc1ccccc1)[C@H](C)OC(=O)C(C)CC(=O)OC(C)(C)C. The van der Waals surface area contributed by atoms with Gasteiger partial charge in [-0.05, 0) is 46.2 Å². The van der Waals surface area contributed by atoms with Crippen molar-refractivity contribution in [2.45, 2.75) is 78.3 Å². The van der Waals surface area contributed by atoms with E-state index in [0.29, 0.717) is 12.4 Å². The maximum absolute atomic E-state index is 12.6. The number of hydrogen-bond donors (Lipinski definition) is 0. The number of rotatable bonds is 13. The zero-order valence-electron chi connectivity index (χ0n) is 19.9. The van der Waals surface area contributed by atoms with Crippen LogP contribution in [-0.2, 0) is 28.5 Å². The van der Waals surface area contributed by atoms with Gasteiger partial charge in [0, 0.05) is 13.7 Å². The van der Waals surface area contributed by atoms with Gasteiger partial charge >= 0.3 is 11.9 Å². The molecule has 0 amide bonds. The van der Waals surface area contributed by atoms with Crippen LogP contribution in [0, 0.1) is 5.92 Å². The van der Waals surface area contributed by atoms with Gasteiger partial charge < -0.3 is 23.7 Å². The average Bonchev–Trinajstić information content (AvgIpc) is 2.68. The van der Waals surface area contributed by atoms with E-state index in [1.807, 2.05) is 37.3 Å². The third-order valence-electron chi connectivity index (χ3n) is 4.31. The molecule has 1 unspecified atom stereocenters. The second kappa shape index (κ2) is 13.3. The first-order chi connectivity index (χ1) is 14.6. The fourth-order valence-electron chi connectivity index (χ4n) is 2.88. The first kappa shape index (κ1) is 26.9. The van der Waals surface area contributed by atoms with E-state index in [0.717, 1.165) is 6.42 Å². The number of carbonyl (C=O) groups is 2. The van der Waals surface area contributed by atoms with E-state index in [2.05, 4.69) is 0 Å². The first-order valence-electron chi connectivity index (χ1n) is 10.8. The van der Waals surface area contributed by atoms with Crippen LogP contribution in [-0.4, -0.2) is 56.2 Å². The summed E-state index contributed by atoms with van der Waals surface area (Å²) in [6.45, 7) is 11.6. The minimum absolute atomic E-state index is 0.0547. The van der Waals surface area contributed by atoms with Crippen LogP contribution in [0.5, 0.6) is 5.75 Å². The van der Waals surface area contributed by atoms with Gasteiger partial charge in [0.2, 0.25) is 0 Å². The van der Waals surface area contributed by atoms with Gasteiger partial charge in [0.05, 0.1) is 18.9 Å². The van der Waals surface area contributed by atoms with Crippen molar-refractivity contribution in [3.8, 4) is 5.75 Å². The summed E-state index contributed by atoms with van der Waals surface area (Å²) in [5.41, 5.74) is -0.605. The molecule has 1 aromatic carbocycles. The van der Waals surface area contributed by atoms with Crippen LogP contribution in [0.3, 0.4) is 0 Å². The molecule has 1 aromatic rings. The highest BCUT2D eigenvalue weighted by Gasteiger charge is 2.34. The highest BCUT2D eigenvalue weighted by molar-refractivity contribution is 5.79. The van der Waals surface area contributed by atoms with Gasteiger partial charge in [0.1, 0.15) is 23.6 Å². The third-order valence-corrected chi connectivity index (χ3v) is 4.31. The lowest BCUT2D eigenvalue weighted by molar-refractivity contribution is -0.169. The van der Waals surface area contributed by atoms with E-state index < -0.39 is 41.8 Å². The Balaban J connectivity index is 2.88. The Morgan fingerprint density at radius 3 is 2.26 bits per heavy atom. The molecular formula is C24H38O7. The van der Waals surface area contributed by atoms with Crippen molar-refractivity contribution in [2.24, 2.45) is 5.92 Å². The van der Waals surface area contributed by atoms with Crippen molar-refractivity contribution < 1.29 is 33.3 Å². The highest BCUT2D eigenvalue weighted by Crippen LogP contribution is 2.21. The van der Waals surface area contributed by atoms with Crippen molar-refractivity contribution >= 4 is 11.9 Å². The second-order valence-corrected chi connectivity index (χ2v) is 8.59. The summed E-state index contributed by atoms with van der Waals surface area (Å²) in [5.74, 6) is -0.942. The van der Waals surface area contributed by atoms with Gasteiger partial charge in [-0.2, -0.15) is 0 Å². The molecule has 0 saturated carbocycles. The van der Waals surface area contributed by atoms with Gasteiger partial charge in [-0.1, -0.05) is 32.0 Å². The lowest BCUT2D eigenvalue weighted by Gasteiger charge is -2.32. The van der Waals surface area contributed by atoms with Crippen LogP contribution in [0.25, 0.3) is 0 Å². The summed E-state index contributed by atoms with van der Waals surface area (Å²) in [7, 11) is 1.58. The van der Waals surface area contributed by atoms with Crippen LogP contribution in [0.4, 0.5) is 0 Å². The molecule has 0 aliphatic rings. The Morgan fingerprint density at radius 1 is 1.06 bits per heavy atom. The van der Waals surface area contributed by atoms with E-state index in [9.17, 15) is 9.59 Å². The van der Waals surface area contributed by atoms with Gasteiger partial charge in [-0.25, -0.2) is 0 Å². The lowest BCUT2D eigenvalue weighted by atomic mass is 10.1. The maximum Gasteiger partial charge on any atom is 0.309 e. The van der Waals surface area contributed by atoms with Crippen LogP contribution < -0.4 is 4.74 Å². The number of benzene rings is 1. The van der Waals surface area contributed by atoms with Gasteiger partial charge in [0.15, 0.2) is 6.10 Å². The molecule has 0 bridgehead atoms. The Kier molecular flexibility index (Phi) is 11.6. The van der Waals surface area contributed by atoms with E-state index in [-0.39, 0.29) is 13.0 Å². The van der Waals surface area contributed by atoms with Crippen LogP contribution in [0.1, 0.15) is 54.4 Å². The summed E-state index contributed by atoms with van der Waals surface area (Å²) in [4.78, 5) is 24.7. The molecule has 0 fully saturated rings. The quantitative estimate of drug-likeness (QED) is 0.428. The number of esters is 2. The maximum atomic E-state index is 12.6. The number of ether oxygens (including phenoxy) is 5. The van der Waals surface area contributed by atoms with Gasteiger partial charge in [-0.3, -0.25) is 9.59 Å². The monoisotopic (exact) mass is 438 g/mol. The topological polar surface area (TPSA) is 80.3 Å². The minimum atomic E-state index is -0.646. The Bertz CT molecular complexity index is 654. The van der Waals surface area contributed by atoms with Crippen molar-refractivity contribution in [1.82, 2.24) is 0 Å². The van der Waals surface area contributed by atoms with Crippen LogP contribution in [0.2, 0.25) is 0 Å². The molecule has 176 valence electrons. The molecule has 0 aliphatic heterocycles. The summed E-state index contributed by atoms with van der Waals surface area (Å²) >= 11 is 0. The summed E-state index contributed by atoms with van der Waals surface area (Å²) in [5, 5.41) is 0. The zero-order valence-corrected chi connectivity index (χ0v) is 19.9. The van der Waals surface area contributed by atoms with Crippen molar-refractivity contribution in [3.05, 3.63) is 30.3 Å². The fourth-order valence-corrected chi connectivity index (χ4v) is 2.88. The largest absolute Gasteiger partial charge is 0.484 e. The number of hydrogen-bond acceptors (Lipinski definition) is 7. The molecule has 0 aliphatic carbocycles. The third kappa shape index (κ3) is 10.6. The number of para-hydroxylation sites is 1. The predicted octanol–water partition coefficient (Wildman–Crippen LogP) is 4.18. The lowest BCUT2D eigenvalue weighted by Crippen LogP contribution is -2.47. The molecule has 31 heavy (non-hydrogen) atoms. The average molecular weight is 439 g/mol. The predicted molar refractivity (Wildman–Crippen MR) is 118 cm³/mol. The smallest absolute Gasteiger partial charge is 0.309 e. The molecule has 0 radical (unpaired) electrons. The zero-order chi connectivity index (χ0) is 23.4. The highest BCUT2D eigenvalue weighted by atomic mass is 16.6. The Hall–Kier alpha value is -2.12. The molecule has 0 heterocycles. The summed E-state index contributed by atoms with van der Waals surface area (Å²) in [6, 6.07) is 9.28. The molecular weight excluding hydrogens is 400 g/mol. The van der Waals surface area contributed by atoms with Crippen molar-refractivity contribution in [1.29, 1.82) is 0 Å². The Morgan fingerprint density at radius 2 is 1.71 bits per heavy atom. The van der Waals surface area contributed by atoms with Gasteiger partial charge in [0.25, 0.3) is 0 Å². The molecule has 1 rings (SSSR count). The second-order valence-electron chi connectivity index (χ2n) is 8.59. The number of methoxy groups -OCH3 is 1. The minimum Gasteiger partial charge on any atom is -0.484 e. The van der Waals surface area contributed by atoms with E-state index in [1.54, 1.807) is 41.7 Å². The summed E-state index contributed by atoms with van der Waals surface area (Å²) in [6.07, 6.45) is -0.883. The molecule has 0 N–H and O–H groups in total. The van der Waals surface area contributed by atoms with Crippen LogP contribution >= 0.6 is 0 Å². The fraction of sp³-hybridized carbons (Fsp3) is 0.667. The Labute approximate surface area is 186 Å². The molecule has 4 atom stereocenters. The van der Waals surface area contributed by atoms with E-state index >= 15 is 0 Å². The van der Waals surface area contributed by atoms with E-state index in [4.69, 9.17) is 23.7 Å². The summed E-state index contributed by atoms with van der Waals surface area (Å²) < 4.78 is 28.4. The molecule has 0 saturated heterocycles. The van der Waals surface area contributed by atoms with Crippen LogP contribution in [0.15, 0.2) is 30.3 Å².